The number of likely N-dealkylation sites (tertiary alicyclic amines) is 1. The topological polar surface area (TPSA) is 53.0 Å². The normalized spacial score (nSPS) is 32.7. The number of nitrogens with zero attached hydrogens (tertiary/aromatic N) is 2. The highest BCUT2D eigenvalue weighted by molar-refractivity contribution is 5.65. The van der Waals surface area contributed by atoms with Gasteiger partial charge in [0, 0.05) is 25.7 Å². The van der Waals surface area contributed by atoms with Crippen molar-refractivity contribution >= 4 is 6.09 Å². The summed E-state index contributed by atoms with van der Waals surface area (Å²) in [6, 6.07) is -0.139. The fourth-order valence-electron chi connectivity index (χ4n) is 2.39. The number of morpholine rings is 1. The smallest absolute Gasteiger partial charge is 0.407 e. The highest BCUT2D eigenvalue weighted by atomic mass is 19.1. The average molecular weight is 232 g/mol. The molecule has 0 spiro atoms. The minimum Gasteiger partial charge on any atom is -0.465 e. The maximum Gasteiger partial charge on any atom is 0.407 e. The van der Waals surface area contributed by atoms with E-state index in [9.17, 15) is 9.18 Å². The van der Waals surface area contributed by atoms with Gasteiger partial charge < -0.3 is 14.7 Å². The largest absolute Gasteiger partial charge is 0.465 e. The lowest BCUT2D eigenvalue weighted by Gasteiger charge is -2.41. The number of hydrogen-bond acceptors (Lipinski definition) is 3. The zero-order valence-electron chi connectivity index (χ0n) is 9.14. The predicted octanol–water partition coefficient (Wildman–Crippen LogP) is 0.409. The van der Waals surface area contributed by atoms with Gasteiger partial charge in [-0.2, -0.15) is 0 Å². The molecule has 2 rings (SSSR count). The van der Waals surface area contributed by atoms with Crippen LogP contribution in [-0.2, 0) is 4.74 Å². The summed E-state index contributed by atoms with van der Waals surface area (Å²) in [5.41, 5.74) is 0. The van der Waals surface area contributed by atoms with E-state index in [2.05, 4.69) is 4.90 Å². The molecule has 2 unspecified atom stereocenters. The van der Waals surface area contributed by atoms with Crippen LogP contribution >= 0.6 is 0 Å². The van der Waals surface area contributed by atoms with Crippen LogP contribution in [0.25, 0.3) is 0 Å². The summed E-state index contributed by atoms with van der Waals surface area (Å²) in [5.74, 6) is 0. The quantitative estimate of drug-likeness (QED) is 0.711. The molecule has 2 fully saturated rings. The molecule has 1 N–H and O–H groups in total. The Morgan fingerprint density at radius 3 is 2.56 bits per heavy atom. The van der Waals surface area contributed by atoms with E-state index in [-0.39, 0.29) is 12.6 Å². The second kappa shape index (κ2) is 4.97. The maximum absolute atomic E-state index is 13.9. The predicted molar refractivity (Wildman–Crippen MR) is 55.3 cm³/mol. The van der Waals surface area contributed by atoms with Crippen LogP contribution < -0.4 is 0 Å². The summed E-state index contributed by atoms with van der Waals surface area (Å²) in [4.78, 5) is 13.9. The minimum absolute atomic E-state index is 0.00262. The van der Waals surface area contributed by atoms with Crippen molar-refractivity contribution in [2.75, 3.05) is 39.4 Å². The molecule has 2 atom stereocenters. The first-order valence-corrected chi connectivity index (χ1v) is 5.62. The van der Waals surface area contributed by atoms with Crippen molar-refractivity contribution in [3.8, 4) is 0 Å². The molecular formula is C10H17FN2O3. The van der Waals surface area contributed by atoms with Crippen LogP contribution in [0.5, 0.6) is 0 Å². The van der Waals surface area contributed by atoms with Gasteiger partial charge in [-0.25, -0.2) is 9.18 Å². The lowest BCUT2D eigenvalue weighted by atomic mass is 10.0. The molecule has 0 saturated carbocycles. The Morgan fingerprint density at radius 1 is 1.31 bits per heavy atom. The van der Waals surface area contributed by atoms with E-state index in [1.807, 2.05) is 0 Å². The molecule has 0 aromatic heterocycles. The van der Waals surface area contributed by atoms with E-state index in [1.54, 1.807) is 0 Å². The Bertz CT molecular complexity index is 258. The van der Waals surface area contributed by atoms with Crippen molar-refractivity contribution < 1.29 is 19.0 Å². The fraction of sp³-hybridized carbons (Fsp3) is 0.900. The molecule has 92 valence electrons. The van der Waals surface area contributed by atoms with Gasteiger partial charge in [-0.15, -0.1) is 0 Å². The zero-order chi connectivity index (χ0) is 11.5. The van der Waals surface area contributed by atoms with Gasteiger partial charge in [0.15, 0.2) is 0 Å². The summed E-state index contributed by atoms with van der Waals surface area (Å²) in [7, 11) is 0. The van der Waals surface area contributed by atoms with E-state index < -0.39 is 12.3 Å². The number of piperidine rings is 1. The van der Waals surface area contributed by atoms with E-state index in [0.29, 0.717) is 26.2 Å². The molecule has 5 nitrogen and oxygen atoms in total. The second-order valence-electron chi connectivity index (χ2n) is 4.25. The van der Waals surface area contributed by atoms with Crippen molar-refractivity contribution in [3.63, 3.8) is 0 Å². The third-order valence-corrected chi connectivity index (χ3v) is 3.29. The van der Waals surface area contributed by atoms with Gasteiger partial charge in [0.2, 0.25) is 0 Å². The number of carboxylic acid groups (broad SMARTS) is 1. The van der Waals surface area contributed by atoms with Crippen LogP contribution in [0.4, 0.5) is 9.18 Å². The molecule has 1 amide bonds. The van der Waals surface area contributed by atoms with Gasteiger partial charge in [-0.1, -0.05) is 0 Å². The summed E-state index contributed by atoms with van der Waals surface area (Å²) in [6.07, 6.45) is -1.53. The van der Waals surface area contributed by atoms with Crippen LogP contribution in [-0.4, -0.2) is 72.6 Å². The van der Waals surface area contributed by atoms with E-state index in [1.165, 1.54) is 0 Å². The molecule has 2 saturated heterocycles. The molecule has 0 aliphatic carbocycles. The fourth-order valence-corrected chi connectivity index (χ4v) is 2.39. The van der Waals surface area contributed by atoms with Crippen LogP contribution in [0, 0.1) is 0 Å². The molecule has 0 radical (unpaired) electrons. The Hall–Kier alpha value is -0.880. The number of amides is 1. The zero-order valence-corrected chi connectivity index (χ0v) is 9.14. The number of rotatable bonds is 1. The van der Waals surface area contributed by atoms with Gasteiger partial charge >= 0.3 is 6.09 Å². The number of alkyl halides is 1. The molecule has 2 aliphatic rings. The van der Waals surface area contributed by atoms with Gasteiger partial charge in [-0.3, -0.25) is 4.90 Å². The molecule has 0 aromatic carbocycles. The van der Waals surface area contributed by atoms with Crippen molar-refractivity contribution in [3.05, 3.63) is 0 Å². The molecular weight excluding hydrogens is 215 g/mol. The minimum atomic E-state index is -1.08. The Morgan fingerprint density at radius 2 is 2.00 bits per heavy atom. The van der Waals surface area contributed by atoms with Crippen molar-refractivity contribution in [2.24, 2.45) is 0 Å². The van der Waals surface area contributed by atoms with Crippen molar-refractivity contribution in [1.82, 2.24) is 9.80 Å². The Labute approximate surface area is 93.8 Å². The highest BCUT2D eigenvalue weighted by Gasteiger charge is 2.35. The molecule has 6 heteroatoms. The van der Waals surface area contributed by atoms with E-state index in [0.717, 1.165) is 18.0 Å². The molecule has 16 heavy (non-hydrogen) atoms. The number of ether oxygens (including phenoxy) is 1. The number of hydrogen-bond donors (Lipinski definition) is 1. The van der Waals surface area contributed by atoms with Crippen molar-refractivity contribution in [1.29, 1.82) is 0 Å². The second-order valence-corrected chi connectivity index (χ2v) is 4.25. The maximum atomic E-state index is 13.9. The van der Waals surface area contributed by atoms with Crippen LogP contribution in [0.1, 0.15) is 6.42 Å². The SMILES string of the molecule is O=C(O)N1CCC(N2CCOCC2)C(F)C1. The summed E-state index contributed by atoms with van der Waals surface area (Å²) in [5, 5.41) is 8.78. The first-order valence-electron chi connectivity index (χ1n) is 5.62. The monoisotopic (exact) mass is 232 g/mol. The van der Waals surface area contributed by atoms with E-state index in [4.69, 9.17) is 9.84 Å². The van der Waals surface area contributed by atoms with Crippen LogP contribution in [0.2, 0.25) is 0 Å². The van der Waals surface area contributed by atoms with Gasteiger partial charge in [0.05, 0.1) is 19.8 Å². The van der Waals surface area contributed by atoms with Crippen LogP contribution in [0.15, 0.2) is 0 Å². The summed E-state index contributed by atoms with van der Waals surface area (Å²) < 4.78 is 19.1. The third kappa shape index (κ3) is 2.44. The first kappa shape index (κ1) is 11.6. The lowest BCUT2D eigenvalue weighted by Crippen LogP contribution is -2.56. The number of carbonyl (C=O) groups is 1. The van der Waals surface area contributed by atoms with Gasteiger partial charge in [0.1, 0.15) is 6.17 Å². The molecule has 2 heterocycles. The molecule has 2 aliphatic heterocycles. The Kier molecular flexibility index (Phi) is 3.60. The third-order valence-electron chi connectivity index (χ3n) is 3.29. The summed E-state index contributed by atoms with van der Waals surface area (Å²) >= 11 is 0. The van der Waals surface area contributed by atoms with Gasteiger partial charge in [0.25, 0.3) is 0 Å². The highest BCUT2D eigenvalue weighted by Crippen LogP contribution is 2.20. The van der Waals surface area contributed by atoms with Crippen molar-refractivity contribution in [2.45, 2.75) is 18.6 Å². The lowest BCUT2D eigenvalue weighted by molar-refractivity contribution is -0.0250. The summed E-state index contributed by atoms with van der Waals surface area (Å²) in [6.45, 7) is 3.21. The van der Waals surface area contributed by atoms with Gasteiger partial charge in [-0.05, 0) is 6.42 Å². The molecule has 0 aromatic rings. The number of halogens is 1. The average Bonchev–Trinajstić information content (AvgIpc) is 2.30. The molecule has 0 bridgehead atoms. The van der Waals surface area contributed by atoms with E-state index >= 15 is 0 Å². The Balaban J connectivity index is 1.90. The standard InChI is InChI=1S/C10H17FN2O3/c11-8-7-13(10(14)15)2-1-9(8)12-3-5-16-6-4-12/h8-9H,1-7H2,(H,14,15). The van der Waals surface area contributed by atoms with Crippen LogP contribution in [0.3, 0.4) is 0 Å². The first-order chi connectivity index (χ1) is 7.68.